The Morgan fingerprint density at radius 2 is 1.60 bits per heavy atom. The largest absolute Gasteiger partial charge is 0.469 e. The summed E-state index contributed by atoms with van der Waals surface area (Å²) in [6, 6.07) is 0. The highest BCUT2D eigenvalue weighted by Crippen LogP contribution is 1.92. The molecule has 0 amide bonds. The average molecular weight is 258 g/mol. The van der Waals surface area contributed by atoms with Crippen LogP contribution in [0.15, 0.2) is 0 Å². The summed E-state index contributed by atoms with van der Waals surface area (Å²) in [5.41, 5.74) is 0. The third kappa shape index (κ3) is 16.3. The van der Waals surface area contributed by atoms with Gasteiger partial charge >= 0.3 is 11.9 Å². The Morgan fingerprint density at radius 1 is 1.07 bits per heavy atom. The first-order chi connectivity index (χ1) is 8.12. The lowest BCUT2D eigenvalue weighted by Crippen LogP contribution is -1.99. The predicted octanol–water partition coefficient (Wildman–Crippen LogP) is 1.35. The van der Waals surface area contributed by atoms with Crippen LogP contribution in [0.1, 0.15) is 19.3 Å². The number of ether oxygens (including phenoxy) is 2. The summed E-state index contributed by atoms with van der Waals surface area (Å²) < 4.78 is 22.0. The van der Waals surface area contributed by atoms with Crippen LogP contribution in [0, 0.1) is 0 Å². The topological polar surface area (TPSA) is 52.6 Å². The van der Waals surface area contributed by atoms with Gasteiger partial charge in [0.15, 0.2) is 0 Å². The molecule has 0 atom stereocenters. The number of hydrogen-bond acceptors (Lipinski definition) is 6. The molecule has 6 heteroatoms. The van der Waals surface area contributed by atoms with E-state index in [0.717, 1.165) is 31.5 Å². The maximum absolute atomic E-state index is 10.4. The number of esters is 2. The Kier molecular flexibility index (Phi) is 11.6. The van der Waals surface area contributed by atoms with Crippen molar-refractivity contribution in [2.45, 2.75) is 19.3 Å². The van der Waals surface area contributed by atoms with Crippen molar-refractivity contribution in [1.29, 1.82) is 2.25 Å². The Bertz CT molecular complexity index is 205. The van der Waals surface area contributed by atoms with E-state index in [4.69, 9.17) is 2.25 Å². The van der Waals surface area contributed by atoms with Crippen molar-refractivity contribution in [3.63, 3.8) is 0 Å². The maximum Gasteiger partial charge on any atom is 0.306 e. The highest BCUT2D eigenvalue weighted by molar-refractivity contribution is 7.80. The molecular weight excluding hydrogens is 236 g/mol. The van der Waals surface area contributed by atoms with Gasteiger partial charge < -0.3 is 9.47 Å². The second-order valence-electron chi connectivity index (χ2n) is 2.41. The second-order valence-corrected chi connectivity index (χ2v) is 3.23. The first-order valence-corrected chi connectivity index (χ1v) is 5.57. The van der Waals surface area contributed by atoms with Gasteiger partial charge in [-0.15, -0.1) is 0 Å². The summed E-state index contributed by atoms with van der Waals surface area (Å²) >= 11 is 1.89. The minimum atomic E-state index is -0.246. The molecule has 0 aliphatic carbocycles. The Balaban J connectivity index is 0. The van der Waals surface area contributed by atoms with Gasteiger partial charge in [-0.1, -0.05) is 0 Å². The third-order valence-electron chi connectivity index (χ3n) is 1.29. The highest BCUT2D eigenvalue weighted by atomic mass is 32.1. The Hall–Kier alpha value is -0.360. The van der Waals surface area contributed by atoms with Crippen LogP contribution in [0.5, 0.6) is 0 Å². The van der Waals surface area contributed by atoms with Crippen LogP contribution in [0.3, 0.4) is 0 Å². The zero-order valence-electron chi connectivity index (χ0n) is 11.0. The average Bonchev–Trinajstić information content (AvgIpc) is 2.36. The van der Waals surface area contributed by atoms with E-state index in [1.165, 1.54) is 14.2 Å². The molecule has 0 bridgehead atoms. The van der Waals surface area contributed by atoms with Crippen molar-refractivity contribution in [1.82, 2.24) is 0 Å². The van der Waals surface area contributed by atoms with E-state index in [0.29, 0.717) is 24.3 Å². The molecular formula is C9H18O4S2. The van der Waals surface area contributed by atoms with Crippen LogP contribution in [0.25, 0.3) is 0 Å². The Morgan fingerprint density at radius 3 is 2.07 bits per heavy atom. The molecule has 0 aromatic rings. The molecule has 0 aliphatic heterocycles. The van der Waals surface area contributed by atoms with Gasteiger partial charge in [0.2, 0.25) is 0 Å². The SMILES string of the molecule is [3H]SCCC(=O)OC.[3H]SCCCC(=O)OC. The van der Waals surface area contributed by atoms with Crippen molar-refractivity contribution in [2.75, 3.05) is 25.7 Å². The molecule has 0 unspecified atom stereocenters. The second kappa shape index (κ2) is 13.6. The fourth-order valence-corrected chi connectivity index (χ4v) is 0.815. The van der Waals surface area contributed by atoms with Crippen molar-refractivity contribution in [3.8, 4) is 0 Å². The number of hydrogen-bond donors (Lipinski definition) is 2. The highest BCUT2D eigenvalue weighted by Gasteiger charge is 1.95. The quantitative estimate of drug-likeness (QED) is 0.411. The number of thiol groups is 2. The molecule has 0 aromatic carbocycles. The van der Waals surface area contributed by atoms with Crippen LogP contribution in [0.4, 0.5) is 0 Å². The zero-order chi connectivity index (χ0) is 13.5. The van der Waals surface area contributed by atoms with Gasteiger partial charge in [0.05, 0.1) is 20.6 Å². The standard InChI is InChI=1S/C5H10O2S.C4H8O2S/c1-7-5(6)3-2-4-8;1-6-4(5)2-3-7/h8H,2-4H2,1H3;7H,2-3H2,1H3/i/hT2. The van der Waals surface area contributed by atoms with Gasteiger partial charge in [0, 0.05) is 12.2 Å². The fraction of sp³-hybridized carbons (Fsp3) is 0.778. The van der Waals surface area contributed by atoms with E-state index >= 15 is 0 Å². The minimum absolute atomic E-state index is 0.191. The van der Waals surface area contributed by atoms with E-state index in [2.05, 4.69) is 9.47 Å². The molecule has 15 heavy (non-hydrogen) atoms. The van der Waals surface area contributed by atoms with Crippen LogP contribution in [0.2, 0.25) is 0 Å². The van der Waals surface area contributed by atoms with Crippen LogP contribution < -0.4 is 0 Å². The molecule has 0 saturated heterocycles. The lowest BCUT2D eigenvalue weighted by Gasteiger charge is -1.93. The molecule has 0 spiro atoms. The molecule has 90 valence electrons. The van der Waals surface area contributed by atoms with Crippen LogP contribution in [-0.2, 0) is 19.1 Å². The number of carbonyl (C=O) groups excluding carboxylic acids is 2. The predicted molar refractivity (Wildman–Crippen MR) is 65.6 cm³/mol. The summed E-state index contributed by atoms with van der Waals surface area (Å²) in [4.78, 5) is 20.6. The molecule has 4 nitrogen and oxygen atoms in total. The first kappa shape index (κ1) is 12.7. The molecule has 0 aromatic heterocycles. The Labute approximate surface area is 104 Å². The number of methoxy groups -OCH3 is 2. The van der Waals surface area contributed by atoms with Crippen molar-refractivity contribution in [2.24, 2.45) is 0 Å². The van der Waals surface area contributed by atoms with Gasteiger partial charge in [-0.05, 0) is 12.2 Å². The van der Waals surface area contributed by atoms with E-state index in [-0.39, 0.29) is 11.9 Å². The lowest BCUT2D eigenvalue weighted by molar-refractivity contribution is -0.141. The zero-order valence-corrected chi connectivity index (χ0v) is 10.6. The van der Waals surface area contributed by atoms with Crippen molar-refractivity contribution >= 4 is 37.0 Å². The van der Waals surface area contributed by atoms with Crippen LogP contribution in [-0.4, -0.2) is 39.9 Å². The third-order valence-corrected chi connectivity index (χ3v) is 1.78. The normalized spacial score (nSPS) is 10.3. The summed E-state index contributed by atoms with van der Waals surface area (Å²) in [5.74, 6) is 0.788. The molecule has 0 saturated carbocycles. The lowest BCUT2D eigenvalue weighted by atomic mass is 10.3. The van der Waals surface area contributed by atoms with E-state index in [1.54, 1.807) is 0 Å². The molecule has 0 heterocycles. The summed E-state index contributed by atoms with van der Waals surface area (Å²) in [7, 11) is 2.72. The molecule has 0 fully saturated rings. The fourth-order valence-electron chi connectivity index (χ4n) is 0.504. The van der Waals surface area contributed by atoms with Gasteiger partial charge in [-0.2, -0.15) is 25.1 Å². The molecule has 0 aliphatic rings. The molecule has 0 radical (unpaired) electrons. The number of carbonyl (C=O) groups is 2. The summed E-state index contributed by atoms with van der Waals surface area (Å²) in [6.45, 7) is 0. The first-order valence-electron chi connectivity index (χ1n) is 5.23. The van der Waals surface area contributed by atoms with Gasteiger partial charge in [-0.3, -0.25) is 9.59 Å². The minimum Gasteiger partial charge on any atom is -0.469 e. The van der Waals surface area contributed by atoms with Crippen LogP contribution >= 0.6 is 25.1 Å². The smallest absolute Gasteiger partial charge is 0.306 e. The van der Waals surface area contributed by atoms with Gasteiger partial charge in [0.25, 0.3) is 0 Å². The van der Waals surface area contributed by atoms with Crippen molar-refractivity contribution < 1.29 is 19.1 Å². The van der Waals surface area contributed by atoms with Gasteiger partial charge in [0.1, 0.15) is 2.25 Å². The summed E-state index contributed by atoms with van der Waals surface area (Å²) in [6.07, 6.45) is 1.51. The van der Waals surface area contributed by atoms with E-state index < -0.39 is 0 Å². The van der Waals surface area contributed by atoms with E-state index in [1.807, 2.05) is 0 Å². The summed E-state index contributed by atoms with van der Waals surface area (Å²) in [5, 5.41) is 0. The maximum atomic E-state index is 10.4. The van der Waals surface area contributed by atoms with Crippen molar-refractivity contribution in [3.05, 3.63) is 0 Å². The monoisotopic (exact) mass is 258 g/mol. The van der Waals surface area contributed by atoms with E-state index in [9.17, 15) is 9.59 Å². The molecule has 0 rings (SSSR count). The van der Waals surface area contributed by atoms with Gasteiger partial charge in [-0.25, -0.2) is 0 Å². The number of rotatable bonds is 7. The molecule has 0 N–H and O–H groups in total.